The van der Waals surface area contributed by atoms with Crippen LogP contribution in [0, 0.1) is 11.8 Å². The lowest BCUT2D eigenvalue weighted by Crippen LogP contribution is -2.31. The number of anilines is 1. The Morgan fingerprint density at radius 1 is 1.48 bits per heavy atom. The lowest BCUT2D eigenvalue weighted by atomic mass is 9.83. The molecule has 2 unspecified atom stereocenters. The quantitative estimate of drug-likeness (QED) is 0.567. The topological polar surface area (TPSA) is 97.1 Å². The van der Waals surface area contributed by atoms with Gasteiger partial charge in [-0.1, -0.05) is 31.4 Å². The first-order chi connectivity index (χ1) is 9.92. The molecule has 0 spiro atoms. The van der Waals surface area contributed by atoms with Crippen molar-refractivity contribution in [2.75, 3.05) is 12.0 Å². The number of sulfonamides is 1. The molecular weight excluding hydrogens is 312 g/mol. The van der Waals surface area contributed by atoms with E-state index in [0.717, 1.165) is 19.3 Å². The molecule has 1 aromatic rings. The normalized spacial score (nSPS) is 23.0. The molecule has 1 aromatic heterocycles. The zero-order valence-corrected chi connectivity index (χ0v) is 13.5. The van der Waals surface area contributed by atoms with E-state index in [4.69, 9.17) is 17.4 Å². The van der Waals surface area contributed by atoms with Gasteiger partial charge in [0.05, 0.1) is 5.02 Å². The van der Waals surface area contributed by atoms with Crippen molar-refractivity contribution in [3.63, 3.8) is 0 Å². The molecule has 21 heavy (non-hydrogen) atoms. The monoisotopic (exact) mass is 332 g/mol. The highest BCUT2D eigenvalue weighted by Crippen LogP contribution is 2.28. The number of nitrogens with one attached hydrogen (secondary N) is 2. The zero-order valence-electron chi connectivity index (χ0n) is 12.0. The van der Waals surface area contributed by atoms with Crippen LogP contribution in [0.4, 0.5) is 5.82 Å². The van der Waals surface area contributed by atoms with Crippen molar-refractivity contribution in [3.05, 3.63) is 17.3 Å². The highest BCUT2D eigenvalue weighted by Gasteiger charge is 2.22. The van der Waals surface area contributed by atoms with Crippen molar-refractivity contribution in [2.45, 2.75) is 37.5 Å². The van der Waals surface area contributed by atoms with Gasteiger partial charge in [0, 0.05) is 12.7 Å². The Hall–Kier alpha value is -0.890. The van der Waals surface area contributed by atoms with Gasteiger partial charge < -0.3 is 5.43 Å². The minimum absolute atomic E-state index is 0.0513. The van der Waals surface area contributed by atoms with E-state index in [2.05, 4.69) is 22.1 Å². The van der Waals surface area contributed by atoms with E-state index in [0.29, 0.717) is 18.4 Å². The molecule has 1 fully saturated rings. The number of rotatable bonds is 5. The molecule has 118 valence electrons. The second-order valence-electron chi connectivity index (χ2n) is 5.64. The molecule has 0 bridgehead atoms. The number of hydrazine groups is 1. The lowest BCUT2D eigenvalue weighted by Gasteiger charge is -2.26. The van der Waals surface area contributed by atoms with Crippen molar-refractivity contribution in [3.8, 4) is 0 Å². The van der Waals surface area contributed by atoms with E-state index in [-0.39, 0.29) is 15.7 Å². The third kappa shape index (κ3) is 4.29. The van der Waals surface area contributed by atoms with Gasteiger partial charge in [-0.25, -0.2) is 24.0 Å². The molecule has 1 heterocycles. The summed E-state index contributed by atoms with van der Waals surface area (Å²) in [6.45, 7) is 2.67. The number of halogens is 1. The number of hydrogen-bond donors (Lipinski definition) is 3. The van der Waals surface area contributed by atoms with Gasteiger partial charge in [-0.05, 0) is 30.7 Å². The van der Waals surface area contributed by atoms with E-state index >= 15 is 0 Å². The van der Waals surface area contributed by atoms with Crippen molar-refractivity contribution in [1.29, 1.82) is 0 Å². The minimum Gasteiger partial charge on any atom is -0.307 e. The SMILES string of the molecule is CC1CCCC(CNS(=O)(=O)c2cnc(NN)c(Cl)c2)C1. The fraction of sp³-hybridized carbons (Fsp3) is 0.615. The predicted molar refractivity (Wildman–Crippen MR) is 83.4 cm³/mol. The molecule has 8 heteroatoms. The standard InChI is InChI=1S/C13H21ClN4O2S/c1-9-3-2-4-10(5-9)7-17-21(19,20)11-6-12(14)13(18-15)16-8-11/h6,8-10,17H,2-5,7,15H2,1H3,(H,16,18). The molecule has 1 saturated carbocycles. The van der Waals surface area contributed by atoms with Crippen molar-refractivity contribution < 1.29 is 8.42 Å². The third-order valence-electron chi connectivity index (χ3n) is 3.87. The van der Waals surface area contributed by atoms with E-state index in [9.17, 15) is 8.42 Å². The molecule has 1 aliphatic rings. The Labute approximate surface area is 130 Å². The van der Waals surface area contributed by atoms with Crippen LogP contribution in [0.3, 0.4) is 0 Å². The van der Waals surface area contributed by atoms with Crippen LogP contribution in [0.1, 0.15) is 32.6 Å². The summed E-state index contributed by atoms with van der Waals surface area (Å²) in [5, 5.41) is 0.173. The number of nitrogen functional groups attached to an aromatic ring is 1. The van der Waals surface area contributed by atoms with Crippen LogP contribution in [0.15, 0.2) is 17.2 Å². The average molecular weight is 333 g/mol. The highest BCUT2D eigenvalue weighted by atomic mass is 35.5. The summed E-state index contributed by atoms with van der Waals surface area (Å²) < 4.78 is 27.1. The smallest absolute Gasteiger partial charge is 0.242 e. The van der Waals surface area contributed by atoms with E-state index < -0.39 is 10.0 Å². The maximum atomic E-state index is 12.2. The Kier molecular flexibility index (Phi) is 5.43. The number of nitrogens with two attached hydrogens (primary N) is 1. The second-order valence-corrected chi connectivity index (χ2v) is 7.81. The first-order valence-corrected chi connectivity index (χ1v) is 8.90. The van der Waals surface area contributed by atoms with Gasteiger partial charge in [-0.2, -0.15) is 0 Å². The van der Waals surface area contributed by atoms with Crippen LogP contribution in [0.25, 0.3) is 0 Å². The third-order valence-corrected chi connectivity index (χ3v) is 5.55. The first-order valence-electron chi connectivity index (χ1n) is 7.04. The summed E-state index contributed by atoms with van der Waals surface area (Å²) in [4.78, 5) is 3.93. The Balaban J connectivity index is 2.02. The van der Waals surface area contributed by atoms with Crippen molar-refractivity contribution in [2.24, 2.45) is 17.7 Å². The fourth-order valence-electron chi connectivity index (χ4n) is 2.73. The molecule has 4 N–H and O–H groups in total. The van der Waals surface area contributed by atoms with Crippen molar-refractivity contribution in [1.82, 2.24) is 9.71 Å². The summed E-state index contributed by atoms with van der Waals surface area (Å²) >= 11 is 5.91. The van der Waals surface area contributed by atoms with Gasteiger partial charge in [0.15, 0.2) is 5.82 Å². The number of nitrogens with zero attached hydrogens (tertiary/aromatic N) is 1. The molecule has 0 aliphatic heterocycles. The molecule has 0 saturated heterocycles. The summed E-state index contributed by atoms with van der Waals surface area (Å²) in [5.74, 6) is 6.53. The molecule has 1 aliphatic carbocycles. The van der Waals surface area contributed by atoms with Crippen LogP contribution < -0.4 is 16.0 Å². The van der Waals surface area contributed by atoms with Gasteiger partial charge in [0.1, 0.15) is 4.90 Å². The first kappa shape index (κ1) is 16.5. The Morgan fingerprint density at radius 3 is 2.86 bits per heavy atom. The molecule has 2 rings (SSSR count). The molecule has 0 amide bonds. The Morgan fingerprint density at radius 2 is 2.24 bits per heavy atom. The van der Waals surface area contributed by atoms with Gasteiger partial charge >= 0.3 is 0 Å². The van der Waals surface area contributed by atoms with Crippen LogP contribution >= 0.6 is 11.6 Å². The van der Waals surface area contributed by atoms with Gasteiger partial charge in [0.25, 0.3) is 0 Å². The molecule has 6 nitrogen and oxygen atoms in total. The van der Waals surface area contributed by atoms with Crippen molar-refractivity contribution >= 4 is 27.4 Å². The summed E-state index contributed by atoms with van der Waals surface area (Å²) in [5.41, 5.74) is 2.30. The van der Waals surface area contributed by atoms with Crippen LogP contribution in [-0.2, 0) is 10.0 Å². The summed E-state index contributed by atoms with van der Waals surface area (Å²) in [7, 11) is -3.59. The molecule has 2 atom stereocenters. The Bertz CT molecular complexity index is 594. The molecule has 0 radical (unpaired) electrons. The number of aromatic nitrogens is 1. The lowest BCUT2D eigenvalue weighted by molar-refractivity contribution is 0.283. The summed E-state index contributed by atoms with van der Waals surface area (Å²) in [6.07, 6.45) is 5.78. The fourth-order valence-corrected chi connectivity index (χ4v) is 4.10. The summed E-state index contributed by atoms with van der Waals surface area (Å²) in [6, 6.07) is 1.34. The van der Waals surface area contributed by atoms with Gasteiger partial charge in [0.2, 0.25) is 10.0 Å². The van der Waals surface area contributed by atoms with E-state index in [1.54, 1.807) is 0 Å². The van der Waals surface area contributed by atoms with Crippen LogP contribution in [0.5, 0.6) is 0 Å². The number of hydrogen-bond acceptors (Lipinski definition) is 5. The largest absolute Gasteiger partial charge is 0.307 e. The minimum atomic E-state index is -3.59. The van der Waals surface area contributed by atoms with E-state index in [1.807, 2.05) is 0 Å². The predicted octanol–water partition coefficient (Wildman–Crippen LogP) is 2.13. The second kappa shape index (κ2) is 6.91. The average Bonchev–Trinajstić information content (AvgIpc) is 2.45. The maximum absolute atomic E-state index is 12.2. The van der Waals surface area contributed by atoms with Gasteiger partial charge in [-0.15, -0.1) is 0 Å². The van der Waals surface area contributed by atoms with Crippen LogP contribution in [0.2, 0.25) is 5.02 Å². The number of pyridine rings is 1. The van der Waals surface area contributed by atoms with Crippen LogP contribution in [-0.4, -0.2) is 19.9 Å². The van der Waals surface area contributed by atoms with E-state index in [1.165, 1.54) is 18.7 Å². The molecular formula is C13H21ClN4O2S. The molecule has 0 aromatic carbocycles. The highest BCUT2D eigenvalue weighted by molar-refractivity contribution is 7.89. The zero-order chi connectivity index (χ0) is 15.5. The maximum Gasteiger partial charge on any atom is 0.242 e. The van der Waals surface area contributed by atoms with Gasteiger partial charge in [-0.3, -0.25) is 0 Å².